The lowest BCUT2D eigenvalue weighted by atomic mass is 10.2. The Morgan fingerprint density at radius 2 is 2.32 bits per heavy atom. The second-order valence-electron chi connectivity index (χ2n) is 4.18. The summed E-state index contributed by atoms with van der Waals surface area (Å²) in [7, 11) is -2.13. The van der Waals surface area contributed by atoms with Gasteiger partial charge in [-0.1, -0.05) is 6.92 Å². The first-order chi connectivity index (χ1) is 8.85. The smallest absolute Gasteiger partial charge is 0.325 e. The highest BCUT2D eigenvalue weighted by molar-refractivity contribution is 7.89. The van der Waals surface area contributed by atoms with Crippen LogP contribution in [0.25, 0.3) is 0 Å². The maximum absolute atomic E-state index is 11.9. The van der Waals surface area contributed by atoms with Crippen LogP contribution in [0.1, 0.15) is 6.92 Å². The normalized spacial score (nSPS) is 13.4. The molecule has 0 saturated heterocycles. The van der Waals surface area contributed by atoms with Gasteiger partial charge < -0.3 is 9.84 Å². The van der Waals surface area contributed by atoms with Gasteiger partial charge in [-0.15, -0.1) is 0 Å². The topological polar surface area (TPSA) is 111 Å². The zero-order chi connectivity index (χ0) is 14.5. The van der Waals surface area contributed by atoms with Crippen molar-refractivity contribution in [2.45, 2.75) is 18.4 Å². The molecule has 0 aliphatic heterocycles. The Bertz CT molecular complexity index is 525. The Kier molecular flexibility index (Phi) is 5.45. The highest BCUT2D eigenvalue weighted by atomic mass is 32.2. The number of carbonyl (C=O) groups is 1. The van der Waals surface area contributed by atoms with Gasteiger partial charge in [-0.2, -0.15) is 5.10 Å². The van der Waals surface area contributed by atoms with Crippen molar-refractivity contribution >= 4 is 16.0 Å². The van der Waals surface area contributed by atoms with Crippen molar-refractivity contribution in [3.05, 3.63) is 12.4 Å². The quantitative estimate of drug-likeness (QED) is 0.670. The van der Waals surface area contributed by atoms with Crippen molar-refractivity contribution in [1.29, 1.82) is 0 Å². The van der Waals surface area contributed by atoms with Gasteiger partial charge in [0, 0.05) is 26.5 Å². The molecule has 1 rings (SSSR count). The largest absolute Gasteiger partial charge is 0.480 e. The van der Waals surface area contributed by atoms with Gasteiger partial charge in [-0.3, -0.25) is 9.48 Å². The fourth-order valence-electron chi connectivity index (χ4n) is 1.39. The van der Waals surface area contributed by atoms with E-state index in [9.17, 15) is 13.2 Å². The van der Waals surface area contributed by atoms with E-state index < -0.39 is 16.0 Å². The molecule has 0 aliphatic carbocycles. The van der Waals surface area contributed by atoms with E-state index in [4.69, 9.17) is 9.84 Å². The van der Waals surface area contributed by atoms with Gasteiger partial charge in [-0.05, 0) is 5.92 Å². The van der Waals surface area contributed by atoms with Gasteiger partial charge in [0.25, 0.3) is 0 Å². The minimum Gasteiger partial charge on any atom is -0.480 e. The van der Waals surface area contributed by atoms with E-state index in [0.29, 0.717) is 6.61 Å². The Balaban J connectivity index is 2.66. The summed E-state index contributed by atoms with van der Waals surface area (Å²) in [4.78, 5) is 10.4. The average Bonchev–Trinajstić information content (AvgIpc) is 2.75. The predicted molar refractivity (Wildman–Crippen MR) is 66.1 cm³/mol. The van der Waals surface area contributed by atoms with Crippen LogP contribution in [0, 0.1) is 5.92 Å². The Morgan fingerprint density at radius 3 is 2.89 bits per heavy atom. The first-order valence-electron chi connectivity index (χ1n) is 5.58. The van der Waals surface area contributed by atoms with Crippen LogP contribution in [0.3, 0.4) is 0 Å². The summed E-state index contributed by atoms with van der Waals surface area (Å²) in [6, 6.07) is 0. The van der Waals surface area contributed by atoms with E-state index in [1.54, 1.807) is 7.11 Å². The zero-order valence-electron chi connectivity index (χ0n) is 10.7. The molecule has 0 fully saturated rings. The monoisotopic (exact) mass is 291 g/mol. The first-order valence-corrected chi connectivity index (χ1v) is 7.06. The third kappa shape index (κ3) is 4.97. The van der Waals surface area contributed by atoms with Crippen LogP contribution in [-0.4, -0.2) is 49.5 Å². The number of aromatic nitrogens is 2. The van der Waals surface area contributed by atoms with Crippen LogP contribution in [0.2, 0.25) is 0 Å². The minimum atomic E-state index is -3.67. The summed E-state index contributed by atoms with van der Waals surface area (Å²) < 4.78 is 32.1. The molecule has 108 valence electrons. The molecule has 1 atom stereocenters. The summed E-state index contributed by atoms with van der Waals surface area (Å²) in [6.45, 7) is 2.15. The van der Waals surface area contributed by atoms with Crippen LogP contribution < -0.4 is 4.72 Å². The first kappa shape index (κ1) is 15.6. The fourth-order valence-corrected chi connectivity index (χ4v) is 2.50. The second kappa shape index (κ2) is 6.64. The number of carboxylic acid groups (broad SMARTS) is 1. The summed E-state index contributed by atoms with van der Waals surface area (Å²) in [5.41, 5.74) is 0. The van der Waals surface area contributed by atoms with Gasteiger partial charge in [0.15, 0.2) is 0 Å². The number of rotatable bonds is 8. The molecule has 1 unspecified atom stereocenters. The van der Waals surface area contributed by atoms with Gasteiger partial charge in [0.05, 0.1) is 6.20 Å². The van der Waals surface area contributed by atoms with E-state index in [1.165, 1.54) is 6.20 Å². The molecule has 0 spiro atoms. The molecule has 19 heavy (non-hydrogen) atoms. The summed E-state index contributed by atoms with van der Waals surface area (Å²) in [6.07, 6.45) is 2.30. The molecule has 1 aromatic rings. The van der Waals surface area contributed by atoms with E-state index in [2.05, 4.69) is 9.82 Å². The lowest BCUT2D eigenvalue weighted by molar-refractivity contribution is -0.137. The third-order valence-electron chi connectivity index (χ3n) is 2.29. The van der Waals surface area contributed by atoms with Crippen molar-refractivity contribution in [1.82, 2.24) is 14.5 Å². The van der Waals surface area contributed by atoms with Crippen molar-refractivity contribution < 1.29 is 23.1 Å². The van der Waals surface area contributed by atoms with Crippen molar-refractivity contribution in [2.24, 2.45) is 5.92 Å². The average molecular weight is 291 g/mol. The number of nitrogens with one attached hydrogen (secondary N) is 1. The number of nitrogens with zero attached hydrogens (tertiary/aromatic N) is 2. The molecule has 0 aromatic carbocycles. The predicted octanol–water partition coefficient (Wildman–Crippen LogP) is -0.471. The Hall–Kier alpha value is -1.45. The molecule has 9 heteroatoms. The van der Waals surface area contributed by atoms with Crippen molar-refractivity contribution in [2.75, 3.05) is 20.3 Å². The molecule has 0 radical (unpaired) electrons. The number of hydrogen-bond donors (Lipinski definition) is 2. The van der Waals surface area contributed by atoms with E-state index >= 15 is 0 Å². The van der Waals surface area contributed by atoms with Crippen molar-refractivity contribution in [3.63, 3.8) is 0 Å². The second-order valence-corrected chi connectivity index (χ2v) is 5.95. The lowest BCUT2D eigenvalue weighted by Gasteiger charge is -2.10. The van der Waals surface area contributed by atoms with Crippen LogP contribution in [0.15, 0.2) is 17.3 Å². The zero-order valence-corrected chi connectivity index (χ0v) is 11.6. The molecule has 0 saturated carbocycles. The van der Waals surface area contributed by atoms with Gasteiger partial charge in [0.1, 0.15) is 11.4 Å². The fraction of sp³-hybridized carbons (Fsp3) is 0.600. The minimum absolute atomic E-state index is 0.0360. The number of sulfonamides is 1. The highest BCUT2D eigenvalue weighted by Gasteiger charge is 2.17. The SMILES string of the molecule is COCC(C)CNS(=O)(=O)c1cnn(CC(=O)O)c1. The van der Waals surface area contributed by atoms with Gasteiger partial charge in [0.2, 0.25) is 10.0 Å². The summed E-state index contributed by atoms with van der Waals surface area (Å²) in [5, 5.41) is 12.3. The molecular weight excluding hydrogens is 274 g/mol. The van der Waals surface area contributed by atoms with Crippen LogP contribution in [0.5, 0.6) is 0 Å². The van der Waals surface area contributed by atoms with Gasteiger partial charge in [-0.25, -0.2) is 13.1 Å². The van der Waals surface area contributed by atoms with Gasteiger partial charge >= 0.3 is 5.97 Å². The molecule has 8 nitrogen and oxygen atoms in total. The maximum atomic E-state index is 11.9. The molecule has 0 bridgehead atoms. The van der Waals surface area contributed by atoms with Crippen molar-refractivity contribution in [3.8, 4) is 0 Å². The molecule has 0 aliphatic rings. The third-order valence-corrected chi connectivity index (χ3v) is 3.67. The molecule has 2 N–H and O–H groups in total. The molecule has 0 amide bonds. The van der Waals surface area contributed by atoms with Crippen LogP contribution in [-0.2, 0) is 26.1 Å². The van der Waals surface area contributed by atoms with Crippen LogP contribution >= 0.6 is 0 Å². The number of hydrogen-bond acceptors (Lipinski definition) is 5. The highest BCUT2D eigenvalue weighted by Crippen LogP contribution is 2.07. The van der Waals surface area contributed by atoms with E-state index in [0.717, 1.165) is 10.9 Å². The Morgan fingerprint density at radius 1 is 1.63 bits per heavy atom. The number of ether oxygens (including phenoxy) is 1. The standard InChI is InChI=1S/C10H17N3O5S/c1-8(7-18-2)3-12-19(16,17)9-4-11-13(5-9)6-10(14)15/h4-5,8,12H,3,6-7H2,1-2H3,(H,14,15). The summed E-state index contributed by atoms with van der Waals surface area (Å²) in [5.74, 6) is -1.05. The summed E-state index contributed by atoms with van der Waals surface area (Å²) >= 11 is 0. The van der Waals surface area contributed by atoms with Crippen LogP contribution in [0.4, 0.5) is 0 Å². The van der Waals surface area contributed by atoms with E-state index in [1.807, 2.05) is 6.92 Å². The maximum Gasteiger partial charge on any atom is 0.325 e. The Labute approximate surface area is 111 Å². The van der Waals surface area contributed by atoms with E-state index in [-0.39, 0.29) is 23.9 Å². The number of aliphatic carboxylic acids is 1. The number of methoxy groups -OCH3 is 1. The lowest BCUT2D eigenvalue weighted by Crippen LogP contribution is -2.29. The molecule has 1 aromatic heterocycles. The molecule has 1 heterocycles. The molecular formula is C10H17N3O5S. The number of carboxylic acids is 1.